The lowest BCUT2D eigenvalue weighted by atomic mass is 10.2. The molecule has 3 aromatic heterocycles. The first-order chi connectivity index (χ1) is 14.9. The van der Waals surface area contributed by atoms with Crippen molar-refractivity contribution in [2.75, 3.05) is 38.0 Å². The summed E-state index contributed by atoms with van der Waals surface area (Å²) in [5.74, 6) is -0.0422. The average molecular weight is 444 g/mol. The molecule has 0 saturated carbocycles. The Morgan fingerprint density at radius 2 is 2.06 bits per heavy atom. The van der Waals surface area contributed by atoms with Crippen molar-refractivity contribution in [3.05, 3.63) is 51.8 Å². The Morgan fingerprint density at radius 1 is 1.29 bits per heavy atom. The molecule has 0 spiro atoms. The summed E-state index contributed by atoms with van der Waals surface area (Å²) in [6.45, 7) is 3.82. The molecule has 11 heteroatoms. The van der Waals surface area contributed by atoms with Crippen LogP contribution in [0.1, 0.15) is 16.3 Å². The first kappa shape index (κ1) is 20.8. The zero-order valence-corrected chi connectivity index (χ0v) is 17.5. The smallest absolute Gasteiger partial charge is 0.349 e. The van der Waals surface area contributed by atoms with Gasteiger partial charge in [0.1, 0.15) is 17.1 Å². The van der Waals surface area contributed by atoms with E-state index in [0.717, 1.165) is 11.3 Å². The van der Waals surface area contributed by atoms with Crippen molar-refractivity contribution in [3.8, 4) is 17.0 Å². The third-order valence-electron chi connectivity index (χ3n) is 4.82. The van der Waals surface area contributed by atoms with Gasteiger partial charge in [-0.25, -0.2) is 9.78 Å². The first-order valence-electron chi connectivity index (χ1n) is 9.55. The molecule has 0 unspecified atom stereocenters. The number of anilines is 1. The zero-order valence-electron chi connectivity index (χ0n) is 16.7. The number of carbonyl (C=O) groups excluding carboxylic acids is 2. The minimum absolute atomic E-state index is 0.0419. The van der Waals surface area contributed by atoms with Crippen LogP contribution in [0.15, 0.2) is 43.5 Å². The molecule has 0 atom stereocenters. The highest BCUT2D eigenvalue weighted by atomic mass is 32.1. The van der Waals surface area contributed by atoms with Crippen LogP contribution in [0.5, 0.6) is 5.75 Å². The lowest BCUT2D eigenvalue weighted by Gasteiger charge is -2.33. The molecule has 1 aliphatic rings. The Kier molecular flexibility index (Phi) is 5.87. The molecule has 1 saturated heterocycles. The van der Waals surface area contributed by atoms with Crippen LogP contribution in [-0.4, -0.2) is 64.4 Å². The van der Waals surface area contributed by atoms with Crippen molar-refractivity contribution < 1.29 is 23.5 Å². The van der Waals surface area contributed by atoms with Crippen LogP contribution >= 0.6 is 11.3 Å². The second-order valence-corrected chi connectivity index (χ2v) is 7.89. The standard InChI is InChI=1S/C20H20N4O6S/c1-12-9-14(25)17(19(28)30-12)13-11-31-20(21-13)22-16(26)10-23-4-6-24(7-5-23)18(27)15-3-2-8-29-15/h2-3,8-9,11,25H,4-7,10H2,1H3,(H,21,22,26). The van der Waals surface area contributed by atoms with Gasteiger partial charge in [0, 0.05) is 37.6 Å². The Bertz CT molecular complexity index is 1140. The number of nitrogens with one attached hydrogen (secondary N) is 1. The van der Waals surface area contributed by atoms with Gasteiger partial charge in [0.25, 0.3) is 5.91 Å². The fourth-order valence-corrected chi connectivity index (χ4v) is 4.02. The summed E-state index contributed by atoms with van der Waals surface area (Å²) in [7, 11) is 0. The van der Waals surface area contributed by atoms with Gasteiger partial charge in [-0.05, 0) is 19.1 Å². The van der Waals surface area contributed by atoms with Crippen molar-refractivity contribution in [1.82, 2.24) is 14.8 Å². The van der Waals surface area contributed by atoms with Gasteiger partial charge in [-0.1, -0.05) is 0 Å². The average Bonchev–Trinajstić information content (AvgIpc) is 3.40. The van der Waals surface area contributed by atoms with E-state index in [-0.39, 0.29) is 35.4 Å². The first-order valence-corrected chi connectivity index (χ1v) is 10.4. The van der Waals surface area contributed by atoms with Crippen LogP contribution in [0.4, 0.5) is 5.13 Å². The van der Waals surface area contributed by atoms with Crippen LogP contribution in [0.3, 0.4) is 0 Å². The molecule has 0 aliphatic carbocycles. The van der Waals surface area contributed by atoms with Gasteiger partial charge in [-0.3, -0.25) is 14.5 Å². The Morgan fingerprint density at radius 3 is 2.74 bits per heavy atom. The van der Waals surface area contributed by atoms with Gasteiger partial charge >= 0.3 is 5.63 Å². The second-order valence-electron chi connectivity index (χ2n) is 7.04. The summed E-state index contributed by atoms with van der Waals surface area (Å²) in [5, 5.41) is 14.6. The number of furan rings is 1. The second kappa shape index (κ2) is 8.74. The van der Waals surface area contributed by atoms with Crippen molar-refractivity contribution in [2.24, 2.45) is 0 Å². The summed E-state index contributed by atoms with van der Waals surface area (Å²) in [4.78, 5) is 44.6. The number of amides is 2. The van der Waals surface area contributed by atoms with E-state index >= 15 is 0 Å². The summed E-state index contributed by atoms with van der Waals surface area (Å²) in [6, 6.07) is 4.64. The molecule has 4 rings (SSSR count). The lowest BCUT2D eigenvalue weighted by molar-refractivity contribution is -0.117. The maximum absolute atomic E-state index is 12.4. The van der Waals surface area contributed by atoms with Gasteiger partial charge in [-0.15, -0.1) is 11.3 Å². The van der Waals surface area contributed by atoms with Crippen molar-refractivity contribution in [1.29, 1.82) is 0 Å². The van der Waals surface area contributed by atoms with Crippen LogP contribution in [-0.2, 0) is 4.79 Å². The predicted molar refractivity (Wildman–Crippen MR) is 112 cm³/mol. The molecular formula is C20H20N4O6S. The molecule has 0 bridgehead atoms. The molecule has 4 heterocycles. The topological polar surface area (TPSA) is 129 Å². The molecule has 2 amide bonds. The number of hydrogen-bond acceptors (Lipinski definition) is 9. The molecule has 10 nitrogen and oxygen atoms in total. The van der Waals surface area contributed by atoms with E-state index in [4.69, 9.17) is 8.83 Å². The van der Waals surface area contributed by atoms with Gasteiger partial charge in [-0.2, -0.15) is 0 Å². The number of carbonyl (C=O) groups is 2. The fraction of sp³-hybridized carbons (Fsp3) is 0.300. The zero-order chi connectivity index (χ0) is 22.0. The van der Waals surface area contributed by atoms with Crippen molar-refractivity contribution in [2.45, 2.75) is 6.92 Å². The third-order valence-corrected chi connectivity index (χ3v) is 5.58. The molecule has 31 heavy (non-hydrogen) atoms. The number of hydrogen-bond donors (Lipinski definition) is 2. The highest BCUT2D eigenvalue weighted by molar-refractivity contribution is 7.14. The molecule has 1 fully saturated rings. The molecule has 1 aliphatic heterocycles. The summed E-state index contributed by atoms with van der Waals surface area (Å²) < 4.78 is 10.1. The largest absolute Gasteiger partial charge is 0.507 e. The van der Waals surface area contributed by atoms with E-state index in [1.165, 1.54) is 12.3 Å². The Balaban J connectivity index is 1.31. The van der Waals surface area contributed by atoms with E-state index in [1.807, 2.05) is 4.90 Å². The molecular weight excluding hydrogens is 424 g/mol. The number of rotatable bonds is 5. The predicted octanol–water partition coefficient (Wildman–Crippen LogP) is 1.77. The van der Waals surface area contributed by atoms with E-state index in [1.54, 1.807) is 29.3 Å². The maximum atomic E-state index is 12.4. The summed E-state index contributed by atoms with van der Waals surface area (Å²) in [6.07, 6.45) is 1.46. The van der Waals surface area contributed by atoms with E-state index in [9.17, 15) is 19.5 Å². The number of aryl methyl sites for hydroxylation is 1. The summed E-state index contributed by atoms with van der Waals surface area (Å²) in [5.41, 5.74) is -0.501. The van der Waals surface area contributed by atoms with Gasteiger partial charge in [0.05, 0.1) is 18.5 Å². The minimum atomic E-state index is -0.692. The van der Waals surface area contributed by atoms with Crippen LogP contribution in [0.25, 0.3) is 11.3 Å². The Hall–Kier alpha value is -3.44. The number of aromatic hydroxyl groups is 1. The highest BCUT2D eigenvalue weighted by Gasteiger charge is 2.25. The van der Waals surface area contributed by atoms with E-state index < -0.39 is 5.63 Å². The number of piperazine rings is 1. The van der Waals surface area contributed by atoms with Gasteiger partial charge in [0.2, 0.25) is 5.91 Å². The van der Waals surface area contributed by atoms with E-state index in [2.05, 4.69) is 10.3 Å². The number of nitrogens with zero attached hydrogens (tertiary/aromatic N) is 3. The quantitative estimate of drug-likeness (QED) is 0.609. The molecule has 2 N–H and O–H groups in total. The van der Waals surface area contributed by atoms with E-state index in [0.29, 0.717) is 42.8 Å². The fourth-order valence-electron chi connectivity index (χ4n) is 3.30. The van der Waals surface area contributed by atoms with Gasteiger partial charge in [0.15, 0.2) is 10.9 Å². The van der Waals surface area contributed by atoms with Crippen molar-refractivity contribution >= 4 is 28.3 Å². The molecule has 0 aromatic carbocycles. The van der Waals surface area contributed by atoms with Gasteiger partial charge < -0.3 is 24.2 Å². The maximum Gasteiger partial charge on any atom is 0.349 e. The molecule has 162 valence electrons. The summed E-state index contributed by atoms with van der Waals surface area (Å²) >= 11 is 1.14. The molecule has 0 radical (unpaired) electrons. The molecule has 3 aromatic rings. The van der Waals surface area contributed by atoms with Crippen LogP contribution in [0, 0.1) is 6.92 Å². The highest BCUT2D eigenvalue weighted by Crippen LogP contribution is 2.29. The number of thiazole rings is 1. The lowest BCUT2D eigenvalue weighted by Crippen LogP contribution is -2.50. The number of aromatic nitrogens is 1. The SMILES string of the molecule is Cc1cc(O)c(-c2csc(NC(=O)CN3CCN(C(=O)c4ccco4)CC3)n2)c(=O)o1. The van der Waals surface area contributed by atoms with Crippen molar-refractivity contribution in [3.63, 3.8) is 0 Å². The Labute approximate surface area is 180 Å². The van der Waals surface area contributed by atoms with Crippen LogP contribution < -0.4 is 10.9 Å². The van der Waals surface area contributed by atoms with Crippen LogP contribution in [0.2, 0.25) is 0 Å². The normalized spacial score (nSPS) is 14.5. The third kappa shape index (κ3) is 4.67. The minimum Gasteiger partial charge on any atom is -0.507 e. The monoisotopic (exact) mass is 444 g/mol.